The number of likely N-dealkylation sites (tertiary alicyclic amines) is 2. The van der Waals surface area contributed by atoms with Crippen LogP contribution in [0.5, 0.6) is 5.75 Å². The number of anilines is 3. The van der Waals surface area contributed by atoms with E-state index in [0.717, 1.165) is 117 Å². The number of amides is 3. The van der Waals surface area contributed by atoms with Gasteiger partial charge in [0.05, 0.1) is 23.2 Å². The van der Waals surface area contributed by atoms with Crippen molar-refractivity contribution < 1.29 is 24.6 Å². The summed E-state index contributed by atoms with van der Waals surface area (Å²) < 4.78 is 0. The largest absolute Gasteiger partial charge is 0.507 e. The van der Waals surface area contributed by atoms with E-state index in [9.17, 15) is 24.6 Å². The fourth-order valence-electron chi connectivity index (χ4n) is 13.3. The summed E-state index contributed by atoms with van der Waals surface area (Å²) in [5.74, 6) is 0.820. The van der Waals surface area contributed by atoms with Crippen molar-refractivity contribution in [3.05, 3.63) is 89.5 Å². The van der Waals surface area contributed by atoms with E-state index in [1.54, 1.807) is 12.1 Å². The second-order valence-corrected chi connectivity index (χ2v) is 23.4. The van der Waals surface area contributed by atoms with Crippen molar-refractivity contribution in [1.82, 2.24) is 50.8 Å². The van der Waals surface area contributed by atoms with Gasteiger partial charge in [0.25, 0.3) is 0 Å². The van der Waals surface area contributed by atoms with Crippen LogP contribution in [0.25, 0.3) is 22.4 Å². The first kappa shape index (κ1) is 49.5. The third-order valence-corrected chi connectivity index (χ3v) is 17.4. The van der Waals surface area contributed by atoms with Crippen LogP contribution in [0.4, 0.5) is 17.5 Å². The van der Waals surface area contributed by atoms with E-state index in [4.69, 9.17) is 15.7 Å². The number of carbonyl (C=O) groups excluding carboxylic acids is 3. The van der Waals surface area contributed by atoms with Crippen molar-refractivity contribution in [3.63, 3.8) is 0 Å². The Kier molecular flexibility index (Phi) is 13.1. The van der Waals surface area contributed by atoms with E-state index in [1.807, 2.05) is 89.5 Å². The lowest BCUT2D eigenvalue weighted by Crippen LogP contribution is -2.62. The van der Waals surface area contributed by atoms with Crippen LogP contribution in [0.15, 0.2) is 67.0 Å². The van der Waals surface area contributed by atoms with Crippen LogP contribution in [0.2, 0.25) is 0 Å². The number of β-amino-alcohol motifs (C(OH)–C–C–N with tert-alkyl or cyclic N) is 1. The monoisotopic (exact) mass is 1010 g/mol. The fourth-order valence-corrected chi connectivity index (χ4v) is 13.3. The Labute approximate surface area is 432 Å². The molecule has 18 nitrogen and oxygen atoms in total. The molecule has 7 N–H and O–H groups in total. The number of hydrogen-bond donors (Lipinski definition) is 6. The number of aromatic hydroxyl groups is 1. The number of para-hydroxylation sites is 1. The van der Waals surface area contributed by atoms with Gasteiger partial charge in [-0.2, -0.15) is 5.10 Å². The van der Waals surface area contributed by atoms with Gasteiger partial charge in [0, 0.05) is 85.9 Å². The standard InChI is InChI=1S/C56H71N13O5/c1-32-48(33(2)63-62-32)36-12-10-34(11-13-36)26-58-52(73)46-20-42(70)31-68(46)53(74)49(55(3,4)5)61-51(72)37-22-56(23-37)24-41(25-56)66-18-16-35(17-19-66)38-27-59-54(60-28-38)69-39-14-15-40(69)30-67(29-39)45-21-44(64-65-50(45)57)43-8-6-7-9-47(43)71/h6-13,21,27-28,35,37,39-42,46,49,70-71H,14-20,22-26,29-31H2,1-5H3,(H2,57,65)(H,58,73)(H,61,72)(H,62,63)/t37?,39?,40?,41?,42-,46+,49-,56?/m1/s1. The van der Waals surface area contributed by atoms with E-state index >= 15 is 0 Å². The molecule has 2 bridgehead atoms. The molecule has 0 radical (unpaired) electrons. The number of phenols is 1. The summed E-state index contributed by atoms with van der Waals surface area (Å²) >= 11 is 0. The molecule has 3 amide bonds. The van der Waals surface area contributed by atoms with Gasteiger partial charge in [0.15, 0.2) is 5.82 Å². The number of fused-ring (bicyclic) bond motifs is 2. The topological polar surface area (TPSA) is 235 Å². The molecule has 5 atom stereocenters. The molecule has 4 saturated heterocycles. The second-order valence-electron chi connectivity index (χ2n) is 23.4. The molecule has 74 heavy (non-hydrogen) atoms. The Bertz CT molecular complexity index is 2850. The highest BCUT2D eigenvalue weighted by molar-refractivity contribution is 5.94. The van der Waals surface area contributed by atoms with Gasteiger partial charge < -0.3 is 46.2 Å². The number of hydrogen-bond acceptors (Lipinski definition) is 14. The predicted octanol–water partition coefficient (Wildman–Crippen LogP) is 5.63. The number of phenolic OH excluding ortho intramolecular Hbond substituents is 1. The molecule has 390 valence electrons. The van der Waals surface area contributed by atoms with Gasteiger partial charge in [0.2, 0.25) is 23.7 Å². The number of aromatic nitrogens is 6. The van der Waals surface area contributed by atoms with Gasteiger partial charge in [-0.3, -0.25) is 19.5 Å². The Morgan fingerprint density at radius 3 is 2.22 bits per heavy atom. The first-order valence-corrected chi connectivity index (χ1v) is 26.7. The van der Waals surface area contributed by atoms with Crippen molar-refractivity contribution in [2.45, 2.75) is 141 Å². The van der Waals surface area contributed by atoms with Crippen LogP contribution in [0.1, 0.15) is 107 Å². The molecule has 18 heteroatoms. The quantitative estimate of drug-likeness (QED) is 0.0889. The molecule has 6 aliphatic rings. The minimum Gasteiger partial charge on any atom is -0.507 e. The van der Waals surface area contributed by atoms with Crippen LogP contribution in [0, 0.1) is 30.6 Å². The number of nitrogen functional groups attached to an aromatic ring is 1. The highest BCUT2D eigenvalue weighted by atomic mass is 16.3. The smallest absolute Gasteiger partial charge is 0.246 e. The summed E-state index contributed by atoms with van der Waals surface area (Å²) in [5, 5.41) is 43.2. The lowest BCUT2D eigenvalue weighted by molar-refractivity contribution is -0.150. The normalized spacial score (nSPS) is 26.4. The number of carbonyl (C=O) groups is 3. The minimum atomic E-state index is -0.846. The third-order valence-electron chi connectivity index (χ3n) is 17.4. The molecule has 6 fully saturated rings. The van der Waals surface area contributed by atoms with Crippen molar-refractivity contribution in [1.29, 1.82) is 0 Å². The summed E-state index contributed by atoms with van der Waals surface area (Å²) in [7, 11) is 0. The number of benzene rings is 2. The van der Waals surface area contributed by atoms with Gasteiger partial charge in [-0.25, -0.2) is 9.97 Å². The maximum Gasteiger partial charge on any atom is 0.246 e. The number of piperazine rings is 1. The number of nitrogens with two attached hydrogens (primary N) is 1. The van der Waals surface area contributed by atoms with Crippen LogP contribution < -0.4 is 26.2 Å². The van der Waals surface area contributed by atoms with E-state index in [1.165, 1.54) is 10.5 Å². The third kappa shape index (κ3) is 9.54. The molecule has 2 aliphatic carbocycles. The Morgan fingerprint density at radius 1 is 0.878 bits per heavy atom. The average molecular weight is 1010 g/mol. The number of aliphatic hydroxyl groups excluding tert-OH is 1. The minimum absolute atomic E-state index is 0.0390. The zero-order valence-corrected chi connectivity index (χ0v) is 43.3. The van der Waals surface area contributed by atoms with Crippen LogP contribution >= 0.6 is 0 Å². The molecule has 11 rings (SSSR count). The maximum absolute atomic E-state index is 14.3. The van der Waals surface area contributed by atoms with Crippen LogP contribution in [-0.4, -0.2) is 137 Å². The number of H-pyrrole nitrogens is 1. The molecule has 2 aromatic carbocycles. The van der Waals surface area contributed by atoms with Gasteiger partial charge in [-0.05, 0) is 130 Å². The van der Waals surface area contributed by atoms with Crippen molar-refractivity contribution in [2.24, 2.45) is 16.7 Å². The van der Waals surface area contributed by atoms with Gasteiger partial charge in [-0.15, -0.1) is 10.2 Å². The summed E-state index contributed by atoms with van der Waals surface area (Å²) in [6, 6.07) is 16.4. The number of nitrogens with one attached hydrogen (secondary N) is 3. The SMILES string of the molecule is Cc1n[nH]c(C)c1-c1ccc(CNC(=O)[C@@H]2C[C@@H](O)CN2C(=O)[C@@H](NC(=O)C2CC3(C2)CC(N2CCC(c4cnc(N5C6CCC5CN(c5cc(-c7ccccc7O)nnc5N)C6)nc4)CC2)C3)C(C)(C)C)cc1. The molecule has 5 aromatic rings. The average Bonchev–Trinajstić information content (AvgIpc) is 4.01. The molecule has 3 aromatic heterocycles. The van der Waals surface area contributed by atoms with Crippen LogP contribution in [0.3, 0.4) is 0 Å². The van der Waals surface area contributed by atoms with Crippen molar-refractivity contribution in [3.8, 4) is 28.1 Å². The Hall–Kier alpha value is -6.66. The number of nitrogens with zero attached hydrogens (tertiary/aromatic N) is 9. The van der Waals surface area contributed by atoms with E-state index in [-0.39, 0.29) is 66.4 Å². The van der Waals surface area contributed by atoms with Crippen molar-refractivity contribution >= 4 is 35.2 Å². The number of piperidine rings is 1. The molecule has 2 saturated carbocycles. The lowest BCUT2D eigenvalue weighted by atomic mass is 9.49. The molecule has 7 heterocycles. The van der Waals surface area contributed by atoms with E-state index in [0.29, 0.717) is 29.0 Å². The Morgan fingerprint density at radius 2 is 1.57 bits per heavy atom. The molecular formula is C56H71N13O5. The highest BCUT2D eigenvalue weighted by Crippen LogP contribution is 2.60. The van der Waals surface area contributed by atoms with Gasteiger partial charge in [-0.1, -0.05) is 57.2 Å². The molecule has 2 unspecified atom stereocenters. The first-order chi connectivity index (χ1) is 35.5. The number of aliphatic hydroxyl groups is 1. The summed E-state index contributed by atoms with van der Waals surface area (Å²) in [6.07, 6.45) is 11.4. The summed E-state index contributed by atoms with van der Waals surface area (Å²) in [6.45, 7) is 13.7. The van der Waals surface area contributed by atoms with E-state index < -0.39 is 23.6 Å². The number of aryl methyl sites for hydroxylation is 2. The summed E-state index contributed by atoms with van der Waals surface area (Å²) in [4.78, 5) is 60.6. The number of aromatic amines is 1. The maximum atomic E-state index is 14.3. The second kappa shape index (κ2) is 19.6. The zero-order chi connectivity index (χ0) is 51.6. The van der Waals surface area contributed by atoms with Gasteiger partial charge in [0.1, 0.15) is 17.8 Å². The lowest BCUT2D eigenvalue weighted by Gasteiger charge is -2.60. The molecular weight excluding hydrogens is 935 g/mol. The van der Waals surface area contributed by atoms with Crippen molar-refractivity contribution in [2.75, 3.05) is 48.3 Å². The highest BCUT2D eigenvalue weighted by Gasteiger charge is 2.57. The number of rotatable bonds is 12. The fraction of sp³-hybridized carbons (Fsp3) is 0.536. The van der Waals surface area contributed by atoms with Gasteiger partial charge >= 0.3 is 0 Å². The summed E-state index contributed by atoms with van der Waals surface area (Å²) in [5.41, 5.74) is 14.1. The van der Waals surface area contributed by atoms with E-state index in [2.05, 4.69) is 45.7 Å². The van der Waals surface area contributed by atoms with Crippen LogP contribution in [-0.2, 0) is 20.9 Å². The zero-order valence-electron chi connectivity index (χ0n) is 43.3. The first-order valence-electron chi connectivity index (χ1n) is 26.7. The molecule has 1 spiro atoms. The molecule has 4 aliphatic heterocycles. The Balaban J connectivity index is 0.631. The predicted molar refractivity (Wildman–Crippen MR) is 282 cm³/mol.